The maximum absolute atomic E-state index is 2.53. The molecule has 0 saturated carbocycles. The van der Waals surface area contributed by atoms with Crippen molar-refractivity contribution in [3.63, 3.8) is 0 Å². The van der Waals surface area contributed by atoms with Crippen LogP contribution in [0.15, 0.2) is 91.0 Å². The Bertz CT molecular complexity index is 731. The van der Waals surface area contributed by atoms with Crippen molar-refractivity contribution in [1.82, 2.24) is 0 Å². The number of rotatable bonds is 14. The summed E-state index contributed by atoms with van der Waals surface area (Å²) in [6.45, 7) is 0. The Hall–Kier alpha value is -1.18. The van der Waals surface area contributed by atoms with Gasteiger partial charge < -0.3 is 0 Å². The molecule has 0 aliphatic carbocycles. The molecule has 1 unspecified atom stereocenters. The van der Waals surface area contributed by atoms with E-state index in [4.69, 9.17) is 0 Å². The average molecular weight is 542 g/mol. The Morgan fingerprint density at radius 1 is 0.516 bits per heavy atom. The first-order valence-electron chi connectivity index (χ1n) is 11.7. The van der Waals surface area contributed by atoms with E-state index >= 15 is 0 Å². The zero-order chi connectivity index (χ0) is 21.6. The third kappa shape index (κ3) is 9.07. The summed E-state index contributed by atoms with van der Waals surface area (Å²) in [5, 5.41) is 0. The summed E-state index contributed by atoms with van der Waals surface area (Å²) in [6, 6.07) is 33.5. The van der Waals surface area contributed by atoms with Crippen molar-refractivity contribution in [2.24, 2.45) is 5.41 Å². The predicted octanol–water partition coefficient (Wildman–Crippen LogP) is 9.07. The second-order valence-electron chi connectivity index (χ2n) is 8.89. The number of benzene rings is 3. The highest BCUT2D eigenvalue weighted by molar-refractivity contribution is 14.2. The van der Waals surface area contributed by atoms with E-state index in [-0.39, 0.29) is 5.41 Å². The zero-order valence-corrected chi connectivity index (χ0v) is 21.8. The highest BCUT2D eigenvalue weighted by Gasteiger charge is 2.30. The van der Waals surface area contributed by atoms with Crippen molar-refractivity contribution < 1.29 is 0 Å². The van der Waals surface area contributed by atoms with Crippen molar-refractivity contribution in [3.05, 3.63) is 108 Å². The molecular weight excluding hydrogens is 506 g/mol. The standard InChI is InChI=1S/C29H36IP/c30-31-22-14-3-1-2-13-21-29(23-26-15-7-4-8-16-26,24-27-17-9-5-10-18-27)25-28-19-11-6-12-20-28/h4-12,15-20,31H,1-3,13-14,21-25H2. The fourth-order valence-corrected chi connectivity index (χ4v) is 6.29. The lowest BCUT2D eigenvalue weighted by atomic mass is 9.69. The third-order valence-corrected chi connectivity index (χ3v) is 8.40. The van der Waals surface area contributed by atoms with Crippen molar-refractivity contribution in [2.45, 2.75) is 57.8 Å². The molecule has 0 aliphatic heterocycles. The van der Waals surface area contributed by atoms with Crippen LogP contribution >= 0.6 is 28.3 Å². The van der Waals surface area contributed by atoms with Crippen LogP contribution in [0, 0.1) is 5.41 Å². The molecule has 0 heterocycles. The normalized spacial score (nSPS) is 11.9. The molecule has 0 saturated heterocycles. The molecule has 0 N–H and O–H groups in total. The molecule has 0 fully saturated rings. The fraction of sp³-hybridized carbons (Fsp3) is 0.379. The summed E-state index contributed by atoms with van der Waals surface area (Å²) in [5.41, 5.74) is 4.67. The lowest BCUT2D eigenvalue weighted by molar-refractivity contribution is 0.243. The molecule has 0 radical (unpaired) electrons. The topological polar surface area (TPSA) is 0 Å². The third-order valence-electron chi connectivity index (χ3n) is 6.24. The quantitative estimate of drug-likeness (QED) is 0.108. The average Bonchev–Trinajstić information content (AvgIpc) is 2.80. The first-order chi connectivity index (χ1) is 15.3. The second kappa shape index (κ2) is 14.1. The summed E-state index contributed by atoms with van der Waals surface area (Å²) in [4.78, 5) is 0. The minimum absolute atomic E-state index is 0.258. The van der Waals surface area contributed by atoms with Gasteiger partial charge in [-0.15, -0.1) is 0 Å². The minimum Gasteiger partial charge on any atom is -0.0622 e. The van der Waals surface area contributed by atoms with Crippen molar-refractivity contribution in [2.75, 3.05) is 6.16 Å². The molecule has 3 aromatic rings. The van der Waals surface area contributed by atoms with Gasteiger partial charge in [0.1, 0.15) is 0 Å². The first kappa shape index (κ1) is 24.5. The van der Waals surface area contributed by atoms with E-state index in [0.29, 0.717) is 0 Å². The van der Waals surface area contributed by atoms with Crippen LogP contribution in [0.1, 0.15) is 55.2 Å². The smallest absolute Gasteiger partial charge is 0.0176 e. The molecule has 1 atom stereocenters. The van der Waals surface area contributed by atoms with E-state index in [1.165, 1.54) is 61.4 Å². The molecule has 0 bridgehead atoms. The second-order valence-corrected chi connectivity index (χ2v) is 11.9. The molecule has 0 aliphatic rings. The Morgan fingerprint density at radius 3 is 1.32 bits per heavy atom. The van der Waals surface area contributed by atoms with Crippen LogP contribution < -0.4 is 0 Å². The summed E-state index contributed by atoms with van der Waals surface area (Å²) in [5.74, 6) is 0. The van der Waals surface area contributed by atoms with E-state index in [2.05, 4.69) is 113 Å². The highest BCUT2D eigenvalue weighted by atomic mass is 127. The SMILES string of the molecule is IPCCCCCCCC(Cc1ccccc1)(Cc1ccccc1)Cc1ccccc1. The summed E-state index contributed by atoms with van der Waals surface area (Å²) < 4.78 is 0. The lowest BCUT2D eigenvalue weighted by Crippen LogP contribution is -2.30. The van der Waals surface area contributed by atoms with Gasteiger partial charge >= 0.3 is 0 Å². The van der Waals surface area contributed by atoms with E-state index in [1.807, 2.05) is 0 Å². The number of hydrogen-bond acceptors (Lipinski definition) is 0. The van der Waals surface area contributed by atoms with Gasteiger partial charge in [0.2, 0.25) is 0 Å². The van der Waals surface area contributed by atoms with Gasteiger partial charge in [-0.2, -0.15) is 0 Å². The predicted molar refractivity (Wildman–Crippen MR) is 148 cm³/mol. The molecule has 3 rings (SSSR count). The first-order valence-corrected chi connectivity index (χ1v) is 16.1. The van der Waals surface area contributed by atoms with E-state index in [9.17, 15) is 0 Å². The number of unbranched alkanes of at least 4 members (excludes halogenated alkanes) is 4. The molecule has 0 spiro atoms. The van der Waals surface area contributed by atoms with Crippen molar-refractivity contribution >= 4 is 28.3 Å². The van der Waals surface area contributed by atoms with E-state index < -0.39 is 0 Å². The van der Waals surface area contributed by atoms with Gasteiger partial charge in [0.25, 0.3) is 0 Å². The molecule has 0 aromatic heterocycles. The Kier molecular flexibility index (Phi) is 11.1. The van der Waals surface area contributed by atoms with Crippen LogP contribution in [0.4, 0.5) is 0 Å². The van der Waals surface area contributed by atoms with Gasteiger partial charge in [0, 0.05) is 0 Å². The Morgan fingerprint density at radius 2 is 0.903 bits per heavy atom. The fourth-order valence-electron chi connectivity index (χ4n) is 4.76. The molecule has 164 valence electrons. The van der Waals surface area contributed by atoms with Crippen LogP contribution in [0.25, 0.3) is 0 Å². The number of hydrogen-bond donors (Lipinski definition) is 0. The van der Waals surface area contributed by atoms with Crippen molar-refractivity contribution in [1.29, 1.82) is 0 Å². The molecule has 2 heteroatoms. The van der Waals surface area contributed by atoms with Crippen LogP contribution in [0.3, 0.4) is 0 Å². The maximum Gasteiger partial charge on any atom is -0.0176 e. The molecular formula is C29H36IP. The molecule has 31 heavy (non-hydrogen) atoms. The van der Waals surface area contributed by atoms with Crippen LogP contribution in [-0.2, 0) is 19.3 Å². The lowest BCUT2D eigenvalue weighted by Gasteiger charge is -2.35. The summed E-state index contributed by atoms with van der Waals surface area (Å²) in [6.07, 6.45) is 14.1. The van der Waals surface area contributed by atoms with Crippen LogP contribution in [0.5, 0.6) is 0 Å². The Balaban J connectivity index is 1.78. The van der Waals surface area contributed by atoms with Gasteiger partial charge in [-0.25, -0.2) is 0 Å². The molecule has 3 aromatic carbocycles. The van der Waals surface area contributed by atoms with Gasteiger partial charge in [-0.05, 0) is 60.4 Å². The largest absolute Gasteiger partial charge is 0.0622 e. The van der Waals surface area contributed by atoms with Gasteiger partial charge in [0.05, 0.1) is 0 Å². The maximum atomic E-state index is 2.53. The van der Waals surface area contributed by atoms with Crippen LogP contribution in [0.2, 0.25) is 0 Å². The zero-order valence-electron chi connectivity index (χ0n) is 18.6. The van der Waals surface area contributed by atoms with Gasteiger partial charge in [-0.3, -0.25) is 0 Å². The van der Waals surface area contributed by atoms with Gasteiger partial charge in [0.15, 0.2) is 0 Å². The monoisotopic (exact) mass is 542 g/mol. The van der Waals surface area contributed by atoms with Crippen molar-refractivity contribution in [3.8, 4) is 0 Å². The Labute approximate surface area is 204 Å². The van der Waals surface area contributed by atoms with Crippen LogP contribution in [-0.4, -0.2) is 6.16 Å². The number of halogens is 1. The molecule has 0 amide bonds. The van der Waals surface area contributed by atoms with Gasteiger partial charge in [-0.1, -0.05) is 145 Å². The highest BCUT2D eigenvalue weighted by Crippen LogP contribution is 2.37. The van der Waals surface area contributed by atoms with E-state index in [0.717, 1.165) is 25.5 Å². The summed E-state index contributed by atoms with van der Waals surface area (Å²) >= 11 is 2.53. The van der Waals surface area contributed by atoms with E-state index in [1.54, 1.807) is 0 Å². The molecule has 0 nitrogen and oxygen atoms in total. The minimum atomic E-state index is 0.258. The summed E-state index contributed by atoms with van der Waals surface area (Å²) in [7, 11) is 0.